The van der Waals surface area contributed by atoms with Crippen LogP contribution in [-0.2, 0) is 13.0 Å². The van der Waals surface area contributed by atoms with Gasteiger partial charge in [-0.15, -0.1) is 36.2 Å². The largest absolute Gasteiger partial charge is 0.330 e. The molecule has 0 saturated carbocycles. The van der Waals surface area contributed by atoms with Crippen LogP contribution in [0.4, 0.5) is 0 Å². The number of likely N-dealkylation sites (tertiary alicyclic amines) is 1. The van der Waals surface area contributed by atoms with Gasteiger partial charge in [0.1, 0.15) is 0 Å². The third-order valence-corrected chi connectivity index (χ3v) is 4.51. The maximum Gasteiger partial charge on any atom is 0.0928 e. The number of thiazole rings is 1. The Hall–Kier alpha value is 0.130. The van der Waals surface area contributed by atoms with Crippen molar-refractivity contribution < 1.29 is 0 Å². The molecule has 0 aromatic carbocycles. The number of aryl methyl sites for hydroxylation is 1. The molecule has 2 rings (SSSR count). The second kappa shape index (κ2) is 9.14. The molecule has 2 heterocycles. The summed E-state index contributed by atoms with van der Waals surface area (Å²) >= 11 is 1.80. The van der Waals surface area contributed by atoms with Crippen LogP contribution in [0, 0.1) is 5.92 Å². The Balaban J connectivity index is 0.00000162. The van der Waals surface area contributed by atoms with Gasteiger partial charge in [0.2, 0.25) is 0 Å². The van der Waals surface area contributed by atoms with Gasteiger partial charge in [0.25, 0.3) is 0 Å². The second-order valence-corrected chi connectivity index (χ2v) is 6.04. The van der Waals surface area contributed by atoms with Crippen LogP contribution in [0.15, 0.2) is 5.38 Å². The summed E-state index contributed by atoms with van der Waals surface area (Å²) in [5.41, 5.74) is 6.99. The molecule has 2 unspecified atom stereocenters. The van der Waals surface area contributed by atoms with E-state index >= 15 is 0 Å². The summed E-state index contributed by atoms with van der Waals surface area (Å²) in [5, 5.41) is 3.50. The lowest BCUT2D eigenvalue weighted by Gasteiger charge is -2.19. The van der Waals surface area contributed by atoms with Crippen LogP contribution in [-0.4, -0.2) is 29.0 Å². The summed E-state index contributed by atoms with van der Waals surface area (Å²) < 4.78 is 0. The monoisotopic (exact) mass is 325 g/mol. The van der Waals surface area contributed by atoms with Gasteiger partial charge in [0.15, 0.2) is 0 Å². The quantitative estimate of drug-likeness (QED) is 0.904. The molecule has 1 aromatic heterocycles. The number of rotatable bonds is 5. The number of hydrogen-bond acceptors (Lipinski definition) is 4. The van der Waals surface area contributed by atoms with Gasteiger partial charge in [-0.1, -0.05) is 6.92 Å². The summed E-state index contributed by atoms with van der Waals surface area (Å²) in [4.78, 5) is 7.21. The highest BCUT2D eigenvalue weighted by atomic mass is 35.5. The van der Waals surface area contributed by atoms with Gasteiger partial charge in [-0.25, -0.2) is 4.98 Å². The van der Waals surface area contributed by atoms with E-state index in [9.17, 15) is 0 Å². The topological polar surface area (TPSA) is 42.2 Å². The predicted octanol–water partition coefficient (Wildman–Crippen LogP) is 3.11. The molecular weight excluding hydrogens is 301 g/mol. The Labute approximate surface area is 132 Å². The van der Waals surface area contributed by atoms with Crippen molar-refractivity contribution in [2.75, 3.05) is 13.1 Å². The number of halogens is 2. The molecule has 6 heteroatoms. The molecule has 2 atom stereocenters. The van der Waals surface area contributed by atoms with Crippen molar-refractivity contribution in [2.24, 2.45) is 11.7 Å². The first-order valence-corrected chi connectivity index (χ1v) is 7.48. The van der Waals surface area contributed by atoms with Gasteiger partial charge in [-0.2, -0.15) is 0 Å². The van der Waals surface area contributed by atoms with Crippen molar-refractivity contribution in [1.29, 1.82) is 0 Å². The second-order valence-electron chi connectivity index (χ2n) is 5.10. The van der Waals surface area contributed by atoms with Gasteiger partial charge in [-0.3, -0.25) is 4.90 Å². The molecule has 1 aliphatic rings. The maximum atomic E-state index is 5.76. The van der Waals surface area contributed by atoms with Gasteiger partial charge in [0.05, 0.1) is 10.7 Å². The van der Waals surface area contributed by atoms with Crippen molar-refractivity contribution in [3.8, 4) is 0 Å². The Kier molecular flexibility index (Phi) is 9.20. The average molecular weight is 326 g/mol. The Morgan fingerprint density at radius 3 is 2.79 bits per heavy atom. The molecule has 3 nitrogen and oxygen atoms in total. The van der Waals surface area contributed by atoms with E-state index in [1.165, 1.54) is 23.5 Å². The maximum absolute atomic E-state index is 5.76. The fraction of sp³-hybridized carbons (Fsp3) is 0.769. The van der Waals surface area contributed by atoms with E-state index in [1.54, 1.807) is 11.3 Å². The fourth-order valence-corrected chi connectivity index (χ4v) is 3.46. The number of aromatic nitrogens is 1. The van der Waals surface area contributed by atoms with E-state index in [-0.39, 0.29) is 24.8 Å². The molecular formula is C13H25Cl2N3S. The minimum atomic E-state index is 0. The molecule has 112 valence electrons. The lowest BCUT2D eigenvalue weighted by Crippen LogP contribution is -2.27. The molecule has 1 fully saturated rings. The van der Waals surface area contributed by atoms with Gasteiger partial charge in [0, 0.05) is 24.5 Å². The molecule has 19 heavy (non-hydrogen) atoms. The van der Waals surface area contributed by atoms with Gasteiger partial charge in [-0.05, 0) is 38.6 Å². The fourth-order valence-electron chi connectivity index (χ4n) is 2.57. The van der Waals surface area contributed by atoms with Crippen molar-refractivity contribution >= 4 is 36.2 Å². The van der Waals surface area contributed by atoms with Crippen molar-refractivity contribution in [2.45, 2.75) is 45.7 Å². The number of hydrogen-bond donors (Lipinski definition) is 1. The lowest BCUT2D eigenvalue weighted by molar-refractivity contribution is 0.253. The van der Waals surface area contributed by atoms with Crippen LogP contribution in [0.3, 0.4) is 0 Å². The Morgan fingerprint density at radius 2 is 2.21 bits per heavy atom. The molecule has 0 aliphatic carbocycles. The SMILES string of the molecule is CCCc1nc(CN2CC(CN)CC2C)cs1.Cl.Cl. The lowest BCUT2D eigenvalue weighted by atomic mass is 10.1. The molecule has 0 spiro atoms. The Bertz CT molecular complexity index is 359. The van der Waals surface area contributed by atoms with E-state index in [1.807, 2.05) is 0 Å². The van der Waals surface area contributed by atoms with Crippen LogP contribution < -0.4 is 5.73 Å². The normalized spacial score (nSPS) is 22.9. The van der Waals surface area contributed by atoms with Crippen LogP contribution >= 0.6 is 36.2 Å². The third kappa shape index (κ3) is 5.20. The highest BCUT2D eigenvalue weighted by Gasteiger charge is 2.28. The standard InChI is InChI=1S/C13H23N3S.2ClH/c1-3-4-13-15-12(9-17-13)8-16-7-11(6-14)5-10(16)2;;/h9-11H,3-8,14H2,1-2H3;2*1H. The summed E-state index contributed by atoms with van der Waals surface area (Å²) in [7, 11) is 0. The molecule has 1 aromatic rings. The van der Waals surface area contributed by atoms with Crippen molar-refractivity contribution in [3.05, 3.63) is 16.1 Å². The average Bonchev–Trinajstić information content (AvgIpc) is 2.88. The van der Waals surface area contributed by atoms with Crippen molar-refractivity contribution in [3.63, 3.8) is 0 Å². The zero-order valence-electron chi connectivity index (χ0n) is 11.7. The van der Waals surface area contributed by atoms with Gasteiger partial charge >= 0.3 is 0 Å². The van der Waals surface area contributed by atoms with E-state index in [4.69, 9.17) is 10.7 Å². The molecule has 0 bridgehead atoms. The highest BCUT2D eigenvalue weighted by Crippen LogP contribution is 2.24. The zero-order chi connectivity index (χ0) is 12.3. The van der Waals surface area contributed by atoms with E-state index in [0.717, 1.165) is 26.1 Å². The summed E-state index contributed by atoms with van der Waals surface area (Å²) in [6.45, 7) is 7.46. The first-order chi connectivity index (χ1) is 8.22. The van der Waals surface area contributed by atoms with Crippen molar-refractivity contribution in [1.82, 2.24) is 9.88 Å². The third-order valence-electron chi connectivity index (χ3n) is 3.55. The molecule has 1 aliphatic heterocycles. The van der Waals surface area contributed by atoms with Crippen LogP contribution in [0.25, 0.3) is 0 Å². The summed E-state index contributed by atoms with van der Waals surface area (Å²) in [6.07, 6.45) is 3.54. The van der Waals surface area contributed by atoms with E-state index in [0.29, 0.717) is 12.0 Å². The summed E-state index contributed by atoms with van der Waals surface area (Å²) in [5.74, 6) is 0.679. The first-order valence-electron chi connectivity index (χ1n) is 6.60. The van der Waals surface area contributed by atoms with E-state index < -0.39 is 0 Å². The van der Waals surface area contributed by atoms with Crippen LogP contribution in [0.1, 0.15) is 37.4 Å². The molecule has 2 N–H and O–H groups in total. The molecule has 0 radical (unpaired) electrons. The smallest absolute Gasteiger partial charge is 0.0928 e. The Morgan fingerprint density at radius 1 is 1.47 bits per heavy atom. The highest BCUT2D eigenvalue weighted by molar-refractivity contribution is 7.09. The van der Waals surface area contributed by atoms with Gasteiger partial charge < -0.3 is 5.73 Å². The predicted molar refractivity (Wildman–Crippen MR) is 87.6 cm³/mol. The molecule has 0 amide bonds. The first kappa shape index (κ1) is 19.1. The minimum Gasteiger partial charge on any atom is -0.330 e. The van der Waals surface area contributed by atoms with E-state index in [2.05, 4.69) is 24.1 Å². The molecule has 1 saturated heterocycles. The number of nitrogens with zero attached hydrogens (tertiary/aromatic N) is 2. The minimum absolute atomic E-state index is 0. The zero-order valence-corrected chi connectivity index (χ0v) is 14.1. The van der Waals surface area contributed by atoms with Crippen LogP contribution in [0.5, 0.6) is 0 Å². The number of nitrogens with two attached hydrogens (primary N) is 1. The van der Waals surface area contributed by atoms with Crippen LogP contribution in [0.2, 0.25) is 0 Å². The summed E-state index contributed by atoms with van der Waals surface area (Å²) in [6, 6.07) is 0.653.